The van der Waals surface area contributed by atoms with E-state index in [-0.39, 0.29) is 25.7 Å². The van der Waals surface area contributed by atoms with Crippen molar-refractivity contribution in [2.75, 3.05) is 39.6 Å². The zero-order valence-corrected chi connectivity index (χ0v) is 58.4. The number of hydrogen-bond donors (Lipinski definition) is 3. The predicted molar refractivity (Wildman–Crippen MR) is 349 cm³/mol. The van der Waals surface area contributed by atoms with Gasteiger partial charge in [0.1, 0.15) is 19.3 Å². The Morgan fingerprint density at radius 1 is 0.322 bits per heavy atom. The number of phosphoric ester groups is 2. The Balaban J connectivity index is 5.27. The van der Waals surface area contributed by atoms with Gasteiger partial charge >= 0.3 is 39.5 Å². The minimum absolute atomic E-state index is 0.104. The average molecular weight is 1280 g/mol. The highest BCUT2D eigenvalue weighted by Gasteiger charge is 2.30. The van der Waals surface area contributed by atoms with Crippen LogP contribution in [-0.4, -0.2) is 96.7 Å². The summed E-state index contributed by atoms with van der Waals surface area (Å²) < 4.78 is 68.2. The van der Waals surface area contributed by atoms with Gasteiger partial charge in [0, 0.05) is 25.7 Å². The van der Waals surface area contributed by atoms with Gasteiger partial charge in [-0.05, 0) is 49.4 Å². The third-order valence-electron chi connectivity index (χ3n) is 16.7. The van der Waals surface area contributed by atoms with Crippen molar-refractivity contribution in [3.8, 4) is 0 Å². The van der Waals surface area contributed by atoms with E-state index in [1.807, 2.05) is 0 Å². The molecule has 8 atom stereocenters. The summed E-state index contributed by atoms with van der Waals surface area (Å²) in [5.41, 5.74) is 0. The van der Waals surface area contributed by atoms with E-state index in [1.54, 1.807) is 0 Å². The molecule has 0 aromatic carbocycles. The van der Waals surface area contributed by atoms with E-state index in [0.29, 0.717) is 31.6 Å². The van der Waals surface area contributed by atoms with Crippen molar-refractivity contribution in [2.45, 2.75) is 350 Å². The molecular formula is C68H132O17P2. The minimum atomic E-state index is -4.95. The average Bonchev–Trinajstić information content (AvgIpc) is 3.53. The standard InChI is InChI=1S/C68H132O17P2/c1-9-59(6)45-37-29-20-14-12-13-15-24-34-42-50-67(72)84-64(55-79-66(71)49-41-33-27-26-28-36-44-58(4)5)57-83-87(76,77)81-53-62(69)52-80-86(74,75)82-56-63(85-68(73)51-43-35-25-19-17-22-31-39-47-61(8)11-3)54-78-65(70)48-40-32-23-18-16-21-30-38-46-60(7)10-2/h58-64,69H,9-57H2,1-8H3,(H,74,75)(H,76,77)/t59?,60?,61?,62-,63-,64-/m1/s1. The van der Waals surface area contributed by atoms with Gasteiger partial charge in [-0.3, -0.25) is 37.3 Å². The normalized spacial score (nSPS) is 15.3. The first-order valence-electron chi connectivity index (χ1n) is 35.3. The summed E-state index contributed by atoms with van der Waals surface area (Å²) in [4.78, 5) is 72.4. The van der Waals surface area contributed by atoms with Gasteiger partial charge in [0.15, 0.2) is 12.2 Å². The molecule has 0 saturated heterocycles. The van der Waals surface area contributed by atoms with Crippen LogP contribution in [0.2, 0.25) is 0 Å². The van der Waals surface area contributed by atoms with Crippen LogP contribution in [0.3, 0.4) is 0 Å². The maximum absolute atomic E-state index is 13.0. The van der Waals surface area contributed by atoms with Gasteiger partial charge in [0.05, 0.1) is 26.4 Å². The third-order valence-corrected chi connectivity index (χ3v) is 18.6. The lowest BCUT2D eigenvalue weighted by atomic mass is 9.99. The molecule has 0 bridgehead atoms. The van der Waals surface area contributed by atoms with Crippen molar-refractivity contribution in [3.05, 3.63) is 0 Å². The van der Waals surface area contributed by atoms with E-state index in [1.165, 1.54) is 128 Å². The van der Waals surface area contributed by atoms with E-state index in [0.717, 1.165) is 114 Å². The second kappa shape index (κ2) is 57.9. The fraction of sp³-hybridized carbons (Fsp3) is 0.941. The van der Waals surface area contributed by atoms with Crippen LogP contribution >= 0.6 is 15.6 Å². The van der Waals surface area contributed by atoms with E-state index in [4.69, 9.17) is 37.0 Å². The van der Waals surface area contributed by atoms with Crippen LogP contribution in [0.25, 0.3) is 0 Å². The maximum atomic E-state index is 13.0. The summed E-state index contributed by atoms with van der Waals surface area (Å²) in [5, 5.41) is 10.6. The summed E-state index contributed by atoms with van der Waals surface area (Å²) in [6.07, 6.45) is 38.9. The fourth-order valence-corrected chi connectivity index (χ4v) is 11.6. The molecule has 0 heterocycles. The molecule has 516 valence electrons. The molecule has 0 saturated carbocycles. The SMILES string of the molecule is CCC(C)CCCCCCCCCCCCC(=O)O[C@H](COC(=O)CCCCCCCCC(C)C)COP(=O)(O)OC[C@H](O)COP(=O)(O)OC[C@@H](COC(=O)CCCCCCCCCCC(C)CC)OC(=O)CCCCCCCCCCC(C)CC. The molecule has 0 aromatic heterocycles. The molecule has 0 radical (unpaired) electrons. The zero-order chi connectivity index (χ0) is 64.7. The number of ether oxygens (including phenoxy) is 4. The summed E-state index contributed by atoms with van der Waals surface area (Å²) in [5.74, 6) is 0.894. The number of carbonyl (C=O) groups excluding carboxylic acids is 4. The molecule has 0 amide bonds. The minimum Gasteiger partial charge on any atom is -0.462 e. The molecule has 0 aliphatic rings. The Bertz CT molecular complexity index is 1740. The largest absolute Gasteiger partial charge is 0.472 e. The van der Waals surface area contributed by atoms with Crippen molar-refractivity contribution < 1.29 is 80.2 Å². The second-order valence-corrected chi connectivity index (χ2v) is 28.7. The predicted octanol–water partition coefficient (Wildman–Crippen LogP) is 18.9. The highest BCUT2D eigenvalue weighted by Crippen LogP contribution is 2.45. The van der Waals surface area contributed by atoms with Gasteiger partial charge in [0.25, 0.3) is 0 Å². The summed E-state index contributed by atoms with van der Waals surface area (Å²) in [6, 6.07) is 0. The lowest BCUT2D eigenvalue weighted by molar-refractivity contribution is -0.161. The Kier molecular flexibility index (Phi) is 56.6. The van der Waals surface area contributed by atoms with Crippen LogP contribution in [0.4, 0.5) is 0 Å². The quantitative estimate of drug-likeness (QED) is 0.0222. The van der Waals surface area contributed by atoms with Crippen molar-refractivity contribution in [1.29, 1.82) is 0 Å². The topological polar surface area (TPSA) is 237 Å². The summed E-state index contributed by atoms with van der Waals surface area (Å²) in [7, 11) is -9.90. The molecule has 0 aliphatic carbocycles. The van der Waals surface area contributed by atoms with Crippen LogP contribution in [0.1, 0.15) is 331 Å². The highest BCUT2D eigenvalue weighted by atomic mass is 31.2. The van der Waals surface area contributed by atoms with Gasteiger partial charge < -0.3 is 33.8 Å². The number of aliphatic hydroxyl groups is 1. The van der Waals surface area contributed by atoms with Gasteiger partial charge in [0.2, 0.25) is 0 Å². The molecule has 0 spiro atoms. The molecule has 0 fully saturated rings. The number of phosphoric acid groups is 2. The number of carbonyl (C=O) groups is 4. The Morgan fingerprint density at radius 3 is 0.816 bits per heavy atom. The van der Waals surface area contributed by atoms with E-state index in [2.05, 4.69) is 55.4 Å². The Morgan fingerprint density at radius 2 is 0.552 bits per heavy atom. The smallest absolute Gasteiger partial charge is 0.462 e. The molecule has 0 rings (SSSR count). The van der Waals surface area contributed by atoms with Crippen molar-refractivity contribution in [3.63, 3.8) is 0 Å². The number of esters is 4. The van der Waals surface area contributed by atoms with Gasteiger partial charge in [-0.2, -0.15) is 0 Å². The van der Waals surface area contributed by atoms with Crippen molar-refractivity contribution in [1.82, 2.24) is 0 Å². The molecule has 87 heavy (non-hydrogen) atoms. The van der Waals surface area contributed by atoms with Crippen LogP contribution < -0.4 is 0 Å². The lowest BCUT2D eigenvalue weighted by Crippen LogP contribution is -2.30. The number of hydrogen-bond acceptors (Lipinski definition) is 15. The van der Waals surface area contributed by atoms with Crippen LogP contribution in [-0.2, 0) is 65.4 Å². The van der Waals surface area contributed by atoms with Crippen molar-refractivity contribution in [2.24, 2.45) is 23.7 Å². The van der Waals surface area contributed by atoms with Crippen LogP contribution in [0.5, 0.6) is 0 Å². The summed E-state index contributed by atoms with van der Waals surface area (Å²) in [6.45, 7) is 14.1. The molecule has 5 unspecified atom stereocenters. The second-order valence-electron chi connectivity index (χ2n) is 25.8. The Labute approximate surface area is 530 Å². The highest BCUT2D eigenvalue weighted by molar-refractivity contribution is 7.47. The van der Waals surface area contributed by atoms with Gasteiger partial charge in [-0.1, -0.05) is 280 Å². The number of rotatable bonds is 65. The third kappa shape index (κ3) is 58.9. The molecule has 19 heteroatoms. The fourth-order valence-electron chi connectivity index (χ4n) is 10.0. The zero-order valence-electron chi connectivity index (χ0n) is 56.6. The number of unbranched alkanes of at least 4 members (excludes halogenated alkanes) is 28. The summed E-state index contributed by atoms with van der Waals surface area (Å²) >= 11 is 0. The van der Waals surface area contributed by atoms with Crippen LogP contribution in [0, 0.1) is 23.7 Å². The first kappa shape index (κ1) is 85.1. The lowest BCUT2D eigenvalue weighted by Gasteiger charge is -2.21. The van der Waals surface area contributed by atoms with Gasteiger partial charge in [-0.15, -0.1) is 0 Å². The monoisotopic (exact) mass is 1280 g/mol. The van der Waals surface area contributed by atoms with Gasteiger partial charge in [-0.25, -0.2) is 9.13 Å². The molecule has 17 nitrogen and oxygen atoms in total. The molecule has 0 aliphatic heterocycles. The van der Waals surface area contributed by atoms with E-state index < -0.39 is 97.5 Å². The van der Waals surface area contributed by atoms with E-state index in [9.17, 15) is 43.2 Å². The molecule has 0 aromatic rings. The maximum Gasteiger partial charge on any atom is 0.472 e. The number of aliphatic hydroxyl groups excluding tert-OH is 1. The first-order chi connectivity index (χ1) is 41.7. The Hall–Kier alpha value is -1.94. The van der Waals surface area contributed by atoms with Crippen molar-refractivity contribution >= 4 is 39.5 Å². The molecule has 3 N–H and O–H groups in total. The first-order valence-corrected chi connectivity index (χ1v) is 38.3. The molecular weight excluding hydrogens is 1150 g/mol. The van der Waals surface area contributed by atoms with Crippen LogP contribution in [0.15, 0.2) is 0 Å². The van der Waals surface area contributed by atoms with E-state index >= 15 is 0 Å².